The monoisotopic (exact) mass is 771 g/mol. The fourth-order valence-corrected chi connectivity index (χ4v) is 9.52. The number of anilines is 2. The molecule has 0 aromatic heterocycles. The second kappa shape index (κ2) is 18.4. The van der Waals surface area contributed by atoms with Crippen molar-refractivity contribution in [1.29, 1.82) is 0 Å². The topological polar surface area (TPSA) is 3.24 Å². The Labute approximate surface area is 374 Å². The zero-order chi connectivity index (χ0) is 43.5. The minimum absolute atomic E-state index is 0.692. The highest BCUT2D eigenvalue weighted by molar-refractivity contribution is 6.65. The summed E-state index contributed by atoms with van der Waals surface area (Å²) in [5, 5.41) is 0. The molecule has 0 radical (unpaired) electrons. The van der Waals surface area contributed by atoms with Crippen molar-refractivity contribution in [3.8, 4) is 56.9 Å². The van der Waals surface area contributed by atoms with Gasteiger partial charge in [-0.05, 0) is 67.2 Å². The van der Waals surface area contributed by atoms with Gasteiger partial charge in [0.15, 0.2) is 7.85 Å². The Kier molecular flexibility index (Phi) is 13.0. The molecule has 0 saturated heterocycles. The van der Waals surface area contributed by atoms with Crippen molar-refractivity contribution in [1.82, 2.24) is 0 Å². The summed E-state index contributed by atoms with van der Waals surface area (Å²) < 4.78 is 0. The van der Waals surface area contributed by atoms with E-state index in [0.29, 0.717) is 6.54 Å². The first-order chi connectivity index (χ1) is 29.3. The van der Waals surface area contributed by atoms with Crippen molar-refractivity contribution in [2.24, 2.45) is 0 Å². The first-order valence-electron chi connectivity index (χ1n) is 21.5. The summed E-state index contributed by atoms with van der Waals surface area (Å²) in [4.78, 5) is 2.63. The van der Waals surface area contributed by atoms with E-state index in [2.05, 4.69) is 237 Å². The van der Waals surface area contributed by atoms with Crippen molar-refractivity contribution in [3.63, 3.8) is 0 Å². The smallest absolute Gasteiger partial charge is 0.151 e. The number of rotatable bonds is 10. The van der Waals surface area contributed by atoms with Gasteiger partial charge in [0.05, 0.1) is 0 Å². The highest BCUT2D eigenvalue weighted by Crippen LogP contribution is 2.37. The summed E-state index contributed by atoms with van der Waals surface area (Å²) in [6.45, 7) is 0.692. The van der Waals surface area contributed by atoms with Crippen LogP contribution in [-0.2, 0) is 0 Å². The molecule has 0 spiro atoms. The maximum Gasteiger partial charge on any atom is 0.151 e. The molecule has 0 N–H and O–H groups in total. The quantitative estimate of drug-likeness (QED) is 0.0775. The Morgan fingerprint density at radius 3 is 1.18 bits per heavy atom. The molecule has 1 nitrogen and oxygen atoms in total. The highest BCUT2D eigenvalue weighted by Gasteiger charge is 2.26. The van der Waals surface area contributed by atoms with Crippen LogP contribution < -0.4 is 48.6 Å². The molecule has 0 amide bonds. The van der Waals surface area contributed by atoms with Crippen LogP contribution in [0.3, 0.4) is 0 Å². The van der Waals surface area contributed by atoms with E-state index in [1.807, 2.05) is 0 Å². The first-order valence-corrected chi connectivity index (χ1v) is 21.5. The maximum absolute atomic E-state index is 6.33. The molecule has 7 rings (SSSR count). The molecule has 0 aliphatic rings. The van der Waals surface area contributed by atoms with Crippen LogP contribution >= 0.6 is 0 Å². The number of hydrogen-bond acceptors (Lipinski definition) is 1. The Bertz CT molecular complexity index is 2720. The third kappa shape index (κ3) is 8.29. The van der Waals surface area contributed by atoms with E-state index in [1.54, 1.807) is 0 Å². The van der Waals surface area contributed by atoms with Gasteiger partial charge in [-0.2, -0.15) is 0 Å². The van der Waals surface area contributed by atoms with Crippen LogP contribution in [0.15, 0.2) is 156 Å². The normalized spacial score (nSPS) is 11.9. The molecule has 7 aromatic rings. The van der Waals surface area contributed by atoms with E-state index < -0.39 is 0 Å². The van der Waals surface area contributed by atoms with Gasteiger partial charge in [0, 0.05) is 17.9 Å². The van der Waals surface area contributed by atoms with Crippen molar-refractivity contribution in [2.75, 3.05) is 11.4 Å². The molecule has 12 heteroatoms. The van der Waals surface area contributed by atoms with Crippen LogP contribution in [0.1, 0.15) is 5.56 Å². The molecule has 0 aliphatic carbocycles. The van der Waals surface area contributed by atoms with E-state index in [-0.39, 0.29) is 0 Å². The SMILES string of the molecule is B/C(CN(c1c(B)c(B)c(-c2ccccc2)c(B)c1B)c1c(B)c(B)c(-c2ccccc2)c(B)c1B)=C(B)/C(=C(/B)C#C)c1ccc(-c2ccccc2)c(-c2ccccc2)c1. The summed E-state index contributed by atoms with van der Waals surface area (Å²) in [5.74, 6) is 3.06. The number of benzene rings is 7. The molecular formula is C49H48B11N. The standard InChI is InChI=1S/C49H48B11N/c1-2-34(50)36(31-23-24-32(27-15-7-3-8-16-27)33(25-31)28-17-9-4-10-18-28)39(52)35(51)26-61(48-44(57)40(53)37(41(54)45(48)58)29-19-11-5-12-20-29)49-46(59)42(55)38(43(56)47(49)60)30-21-13-6-14-22-30/h1,3-25H,26,50-60H2/b36-34+,39-35-. The van der Waals surface area contributed by atoms with Gasteiger partial charge in [-0.3, -0.25) is 0 Å². The summed E-state index contributed by atoms with van der Waals surface area (Å²) in [5.41, 5.74) is 28.5. The van der Waals surface area contributed by atoms with Crippen molar-refractivity contribution in [3.05, 3.63) is 162 Å². The van der Waals surface area contributed by atoms with E-state index in [1.165, 1.54) is 111 Å². The minimum atomic E-state index is 0.692. The van der Waals surface area contributed by atoms with Gasteiger partial charge in [0.25, 0.3) is 0 Å². The zero-order valence-corrected chi connectivity index (χ0v) is 38.0. The maximum atomic E-state index is 6.33. The summed E-state index contributed by atoms with van der Waals surface area (Å²) in [7, 11) is 25.1. The molecule has 0 bridgehead atoms. The summed E-state index contributed by atoms with van der Waals surface area (Å²) >= 11 is 0. The fourth-order valence-electron chi connectivity index (χ4n) is 9.52. The molecule has 0 saturated carbocycles. The Morgan fingerprint density at radius 1 is 0.443 bits per heavy atom. The van der Waals surface area contributed by atoms with Crippen LogP contribution in [-0.4, -0.2) is 92.9 Å². The number of hydrogen-bond donors (Lipinski definition) is 0. The number of allylic oxidation sites excluding steroid dienone is 3. The van der Waals surface area contributed by atoms with Crippen LogP contribution in [0.5, 0.6) is 0 Å². The molecule has 7 aromatic carbocycles. The average molecular weight is 770 g/mol. The van der Waals surface area contributed by atoms with Crippen molar-refractivity contribution in [2.45, 2.75) is 0 Å². The second-order valence-corrected chi connectivity index (χ2v) is 16.8. The first kappa shape index (κ1) is 43.2. The fraction of sp³-hybridized carbons (Fsp3) is 0.0204. The lowest BCUT2D eigenvalue weighted by Crippen LogP contribution is -2.52. The van der Waals surface area contributed by atoms with E-state index >= 15 is 0 Å². The third-order valence-corrected chi connectivity index (χ3v) is 13.3. The predicted octanol–water partition coefficient (Wildman–Crippen LogP) is -4.28. The summed E-state index contributed by atoms with van der Waals surface area (Å²) in [6.07, 6.45) is 6.33. The van der Waals surface area contributed by atoms with Gasteiger partial charge in [0.2, 0.25) is 0 Å². The molecule has 61 heavy (non-hydrogen) atoms. The van der Waals surface area contributed by atoms with Gasteiger partial charge >= 0.3 is 0 Å². The molecule has 0 unspecified atom stereocenters. The minimum Gasteiger partial charge on any atom is -0.340 e. The van der Waals surface area contributed by atoms with Crippen LogP contribution in [0.4, 0.5) is 11.4 Å². The number of nitrogens with zero attached hydrogens (tertiary/aromatic N) is 1. The lowest BCUT2D eigenvalue weighted by atomic mass is 9.62. The van der Waals surface area contributed by atoms with Crippen LogP contribution in [0.2, 0.25) is 0 Å². The Hall–Kier alpha value is -5.91. The summed E-state index contributed by atoms with van der Waals surface area (Å²) in [6, 6.07) is 50.0. The van der Waals surface area contributed by atoms with Gasteiger partial charge in [0.1, 0.15) is 78.5 Å². The van der Waals surface area contributed by atoms with E-state index in [9.17, 15) is 0 Å². The zero-order valence-electron chi connectivity index (χ0n) is 38.0. The molecule has 0 atom stereocenters. The van der Waals surface area contributed by atoms with Gasteiger partial charge in [-0.15, -0.1) is 6.42 Å². The largest absolute Gasteiger partial charge is 0.340 e. The van der Waals surface area contributed by atoms with Gasteiger partial charge in [-0.1, -0.05) is 194 Å². The lowest BCUT2D eigenvalue weighted by molar-refractivity contribution is 1.10. The third-order valence-electron chi connectivity index (χ3n) is 13.3. The van der Waals surface area contributed by atoms with Gasteiger partial charge < -0.3 is 4.90 Å². The second-order valence-electron chi connectivity index (χ2n) is 16.8. The molecule has 282 valence electrons. The highest BCUT2D eigenvalue weighted by atomic mass is 15.1. The predicted molar refractivity (Wildman–Crippen MR) is 302 cm³/mol. The number of terminal acetylenes is 1. The Morgan fingerprint density at radius 2 is 0.803 bits per heavy atom. The van der Waals surface area contributed by atoms with Crippen molar-refractivity contribution < 1.29 is 0 Å². The van der Waals surface area contributed by atoms with Crippen molar-refractivity contribution >= 4 is 147 Å². The average Bonchev–Trinajstić information content (AvgIpc) is 3.29. The Balaban J connectivity index is 1.46. The lowest BCUT2D eigenvalue weighted by Gasteiger charge is -2.37. The molecule has 0 heterocycles. The molecular weight excluding hydrogens is 721 g/mol. The van der Waals surface area contributed by atoms with Crippen LogP contribution in [0.25, 0.3) is 50.1 Å². The van der Waals surface area contributed by atoms with Crippen LogP contribution in [0, 0.1) is 12.3 Å². The van der Waals surface area contributed by atoms with E-state index in [4.69, 9.17) is 6.42 Å². The molecule has 0 aliphatic heterocycles. The molecule has 0 fully saturated rings. The van der Waals surface area contributed by atoms with E-state index in [0.717, 1.165) is 16.6 Å². The van der Waals surface area contributed by atoms with Gasteiger partial charge in [-0.25, -0.2) is 0 Å².